The van der Waals surface area contributed by atoms with Crippen molar-refractivity contribution in [3.8, 4) is 22.1 Å². The maximum Gasteiger partial charge on any atom is 0.129 e. The van der Waals surface area contributed by atoms with E-state index in [-0.39, 0.29) is 0 Å². The third kappa shape index (κ3) is 3.49. The molecule has 0 radical (unpaired) electrons. The number of benzene rings is 1. The fourth-order valence-electron chi connectivity index (χ4n) is 1.80. The molecule has 0 aliphatic heterocycles. The third-order valence-corrected chi connectivity index (χ3v) is 3.80. The summed E-state index contributed by atoms with van der Waals surface area (Å²) in [6.45, 7) is 5.02. The molecule has 0 saturated carbocycles. The Balaban J connectivity index is 2.26. The average molecular weight is 292 g/mol. The smallest absolute Gasteiger partial charge is 0.129 e. The van der Waals surface area contributed by atoms with Gasteiger partial charge in [0.2, 0.25) is 0 Å². The number of hydrogen-bond donors (Lipinski definition) is 1. The van der Waals surface area contributed by atoms with E-state index in [1.54, 1.807) is 25.6 Å². The maximum absolute atomic E-state index is 5.40. The van der Waals surface area contributed by atoms with Crippen molar-refractivity contribution in [3.05, 3.63) is 29.3 Å². The molecule has 5 heteroatoms. The van der Waals surface area contributed by atoms with Gasteiger partial charge < -0.3 is 14.8 Å². The second-order valence-electron chi connectivity index (χ2n) is 4.75. The Morgan fingerprint density at radius 2 is 2.05 bits per heavy atom. The highest BCUT2D eigenvalue weighted by atomic mass is 32.1. The van der Waals surface area contributed by atoms with Gasteiger partial charge in [-0.2, -0.15) is 0 Å². The summed E-state index contributed by atoms with van der Waals surface area (Å²) in [6, 6.07) is 6.20. The van der Waals surface area contributed by atoms with E-state index >= 15 is 0 Å². The zero-order valence-electron chi connectivity index (χ0n) is 12.3. The standard InChI is InChI=1S/C15H20N2O2S/c1-10(2)16-8-11-9-20-15(17-11)13-7-12(18-3)5-6-14(13)19-4/h5-7,9-10,16H,8H2,1-4H3. The number of nitrogens with zero attached hydrogens (tertiary/aromatic N) is 1. The minimum Gasteiger partial charge on any atom is -0.497 e. The number of rotatable bonds is 6. The van der Waals surface area contributed by atoms with E-state index in [1.807, 2.05) is 18.2 Å². The van der Waals surface area contributed by atoms with Crippen LogP contribution in [0.2, 0.25) is 0 Å². The van der Waals surface area contributed by atoms with Crippen LogP contribution < -0.4 is 14.8 Å². The summed E-state index contributed by atoms with van der Waals surface area (Å²) in [6.07, 6.45) is 0. The molecule has 0 aliphatic rings. The van der Waals surface area contributed by atoms with Gasteiger partial charge >= 0.3 is 0 Å². The quantitative estimate of drug-likeness (QED) is 0.887. The molecule has 2 rings (SSSR count). The molecule has 0 aliphatic carbocycles. The largest absolute Gasteiger partial charge is 0.497 e. The molecule has 0 saturated heterocycles. The van der Waals surface area contributed by atoms with Crippen molar-refractivity contribution >= 4 is 11.3 Å². The van der Waals surface area contributed by atoms with E-state index in [9.17, 15) is 0 Å². The Hall–Kier alpha value is -1.59. The fourth-order valence-corrected chi connectivity index (χ4v) is 2.64. The molecule has 1 aromatic carbocycles. The van der Waals surface area contributed by atoms with E-state index in [2.05, 4.69) is 29.5 Å². The minimum absolute atomic E-state index is 0.450. The van der Waals surface area contributed by atoms with Crippen LogP contribution >= 0.6 is 11.3 Å². The summed E-state index contributed by atoms with van der Waals surface area (Å²) in [7, 11) is 3.32. The fraction of sp³-hybridized carbons (Fsp3) is 0.400. The molecule has 4 nitrogen and oxygen atoms in total. The van der Waals surface area contributed by atoms with Gasteiger partial charge in [-0.3, -0.25) is 0 Å². The first-order valence-corrected chi connectivity index (χ1v) is 7.42. The molecule has 108 valence electrons. The van der Waals surface area contributed by atoms with Crippen LogP contribution in [0.5, 0.6) is 11.5 Å². The summed E-state index contributed by atoms with van der Waals surface area (Å²) in [5, 5.41) is 6.38. The van der Waals surface area contributed by atoms with Crippen LogP contribution in [0, 0.1) is 0 Å². The first-order valence-electron chi connectivity index (χ1n) is 6.54. The normalized spacial score (nSPS) is 10.8. The highest BCUT2D eigenvalue weighted by molar-refractivity contribution is 7.13. The van der Waals surface area contributed by atoms with Crippen LogP contribution in [0.3, 0.4) is 0 Å². The second-order valence-corrected chi connectivity index (χ2v) is 5.60. The van der Waals surface area contributed by atoms with Crippen molar-refractivity contribution in [1.29, 1.82) is 0 Å². The van der Waals surface area contributed by atoms with Crippen LogP contribution in [0.15, 0.2) is 23.6 Å². The van der Waals surface area contributed by atoms with Crippen LogP contribution in [-0.4, -0.2) is 25.2 Å². The third-order valence-electron chi connectivity index (χ3n) is 2.88. The molecular formula is C15H20N2O2S. The summed E-state index contributed by atoms with van der Waals surface area (Å²) in [4.78, 5) is 4.66. The summed E-state index contributed by atoms with van der Waals surface area (Å²) in [5.41, 5.74) is 2.01. The van der Waals surface area contributed by atoms with Gasteiger partial charge in [0.25, 0.3) is 0 Å². The lowest BCUT2D eigenvalue weighted by Gasteiger charge is -2.08. The van der Waals surface area contributed by atoms with Crippen molar-refractivity contribution < 1.29 is 9.47 Å². The summed E-state index contributed by atoms with van der Waals surface area (Å²) in [5.74, 6) is 1.61. The predicted octanol–water partition coefficient (Wildman–Crippen LogP) is 3.33. The van der Waals surface area contributed by atoms with Crippen LogP contribution in [0.4, 0.5) is 0 Å². The Kier molecular flexibility index (Phi) is 4.98. The summed E-state index contributed by atoms with van der Waals surface area (Å²) < 4.78 is 10.7. The highest BCUT2D eigenvalue weighted by Crippen LogP contribution is 2.35. The maximum atomic E-state index is 5.40. The van der Waals surface area contributed by atoms with Crippen molar-refractivity contribution in [2.75, 3.05) is 14.2 Å². The molecule has 0 amide bonds. The Morgan fingerprint density at radius 1 is 1.25 bits per heavy atom. The van der Waals surface area contributed by atoms with Gasteiger partial charge in [-0.15, -0.1) is 11.3 Å². The molecule has 1 heterocycles. The number of ether oxygens (including phenoxy) is 2. The molecule has 0 unspecified atom stereocenters. The van der Waals surface area contributed by atoms with Crippen LogP contribution in [0.1, 0.15) is 19.5 Å². The molecule has 0 spiro atoms. The van der Waals surface area contributed by atoms with E-state index in [0.717, 1.165) is 34.3 Å². The van der Waals surface area contributed by atoms with E-state index in [1.165, 1.54) is 0 Å². The van der Waals surface area contributed by atoms with E-state index in [4.69, 9.17) is 9.47 Å². The predicted molar refractivity (Wildman–Crippen MR) is 82.6 cm³/mol. The van der Waals surface area contributed by atoms with Crippen molar-refractivity contribution in [3.63, 3.8) is 0 Å². The SMILES string of the molecule is COc1ccc(OC)c(-c2nc(CNC(C)C)cs2)c1. The molecule has 1 aromatic heterocycles. The molecule has 0 atom stereocenters. The molecule has 0 fully saturated rings. The van der Waals surface area contributed by atoms with Gasteiger partial charge in [-0.1, -0.05) is 13.8 Å². The van der Waals surface area contributed by atoms with E-state index in [0.29, 0.717) is 6.04 Å². The second kappa shape index (κ2) is 6.72. The van der Waals surface area contributed by atoms with Crippen LogP contribution in [0.25, 0.3) is 10.6 Å². The molecular weight excluding hydrogens is 272 g/mol. The van der Waals surface area contributed by atoms with Crippen molar-refractivity contribution in [2.45, 2.75) is 26.4 Å². The average Bonchev–Trinajstić information content (AvgIpc) is 2.93. The Morgan fingerprint density at radius 3 is 2.70 bits per heavy atom. The molecule has 2 aromatic rings. The van der Waals surface area contributed by atoms with Gasteiger partial charge in [-0.25, -0.2) is 4.98 Å². The summed E-state index contributed by atoms with van der Waals surface area (Å²) >= 11 is 1.62. The number of thiazole rings is 1. The lowest BCUT2D eigenvalue weighted by atomic mass is 10.2. The number of methoxy groups -OCH3 is 2. The lowest BCUT2D eigenvalue weighted by molar-refractivity contribution is 0.404. The van der Waals surface area contributed by atoms with Gasteiger partial charge in [0.15, 0.2) is 0 Å². The topological polar surface area (TPSA) is 43.4 Å². The van der Waals surface area contributed by atoms with Crippen molar-refractivity contribution in [1.82, 2.24) is 10.3 Å². The lowest BCUT2D eigenvalue weighted by Crippen LogP contribution is -2.21. The van der Waals surface area contributed by atoms with Crippen molar-refractivity contribution in [2.24, 2.45) is 0 Å². The number of nitrogens with one attached hydrogen (secondary N) is 1. The zero-order valence-corrected chi connectivity index (χ0v) is 13.1. The zero-order chi connectivity index (χ0) is 14.5. The van der Waals surface area contributed by atoms with Gasteiger partial charge in [-0.05, 0) is 18.2 Å². The van der Waals surface area contributed by atoms with E-state index < -0.39 is 0 Å². The highest BCUT2D eigenvalue weighted by Gasteiger charge is 2.12. The number of aromatic nitrogens is 1. The molecule has 1 N–H and O–H groups in total. The van der Waals surface area contributed by atoms with Gasteiger partial charge in [0.05, 0.1) is 25.5 Å². The van der Waals surface area contributed by atoms with Gasteiger partial charge in [0.1, 0.15) is 16.5 Å². The van der Waals surface area contributed by atoms with Crippen LogP contribution in [-0.2, 0) is 6.54 Å². The molecule has 20 heavy (non-hydrogen) atoms. The Labute approximate surface area is 123 Å². The number of hydrogen-bond acceptors (Lipinski definition) is 5. The molecule has 0 bridgehead atoms. The van der Waals surface area contributed by atoms with Gasteiger partial charge in [0, 0.05) is 18.0 Å². The minimum atomic E-state index is 0.450. The first kappa shape index (κ1) is 14.8. The monoisotopic (exact) mass is 292 g/mol. The first-order chi connectivity index (χ1) is 9.63. The Bertz CT molecular complexity index is 567.